The van der Waals surface area contributed by atoms with Gasteiger partial charge in [-0.2, -0.15) is 0 Å². The molecule has 82 valence electrons. The molecule has 0 aliphatic rings. The van der Waals surface area contributed by atoms with Gasteiger partial charge in [0.05, 0.1) is 5.88 Å². The smallest absolute Gasteiger partial charge is 0.0625 e. The number of halogens is 2. The van der Waals surface area contributed by atoms with Gasteiger partial charge in [-0.15, -0.1) is 11.6 Å². The summed E-state index contributed by atoms with van der Waals surface area (Å²) in [7, 11) is 0. The van der Waals surface area contributed by atoms with Gasteiger partial charge in [-0.25, -0.2) is 0 Å². The number of benzene rings is 1. The van der Waals surface area contributed by atoms with Crippen molar-refractivity contribution in [2.45, 2.75) is 26.1 Å². The molecule has 0 atom stereocenters. The molecular formula is C12H15Cl2N. The second-order valence-electron chi connectivity index (χ2n) is 3.34. The maximum Gasteiger partial charge on any atom is 0.0625 e. The lowest BCUT2D eigenvalue weighted by molar-refractivity contribution is 1.09. The van der Waals surface area contributed by atoms with E-state index in [1.807, 2.05) is 24.3 Å². The Balaban J connectivity index is 0.000000337. The fraction of sp³-hybridized carbons (Fsp3) is 0.333. The summed E-state index contributed by atoms with van der Waals surface area (Å²) in [6, 6.07) is 7.75. The maximum absolute atomic E-state index is 5.96. The molecule has 1 aromatic carbocycles. The number of rotatable bonds is 1. The maximum atomic E-state index is 5.96. The average molecular weight is 244 g/mol. The molecule has 0 saturated heterocycles. The molecule has 0 fully saturated rings. The Morgan fingerprint density at radius 1 is 1.27 bits per heavy atom. The zero-order valence-electron chi connectivity index (χ0n) is 8.98. The molecule has 0 unspecified atom stereocenters. The molecule has 0 saturated carbocycles. The van der Waals surface area contributed by atoms with E-state index in [1.165, 1.54) is 6.42 Å². The van der Waals surface area contributed by atoms with Crippen molar-refractivity contribution in [3.63, 3.8) is 0 Å². The van der Waals surface area contributed by atoms with E-state index >= 15 is 0 Å². The van der Waals surface area contributed by atoms with E-state index in [0.717, 1.165) is 21.6 Å². The van der Waals surface area contributed by atoms with Crippen LogP contribution in [-0.4, -0.2) is 4.98 Å². The van der Waals surface area contributed by atoms with E-state index in [9.17, 15) is 0 Å². The zero-order chi connectivity index (χ0) is 11.3. The minimum absolute atomic E-state index is 0.491. The molecule has 1 heterocycles. The van der Waals surface area contributed by atoms with Crippen molar-refractivity contribution in [1.82, 2.24) is 4.98 Å². The van der Waals surface area contributed by atoms with Gasteiger partial charge in [-0.3, -0.25) is 0 Å². The van der Waals surface area contributed by atoms with Crippen LogP contribution in [0.3, 0.4) is 0 Å². The Hall–Kier alpha value is -0.660. The van der Waals surface area contributed by atoms with Crippen LogP contribution >= 0.6 is 23.2 Å². The molecule has 1 N–H and O–H groups in total. The quantitative estimate of drug-likeness (QED) is 0.681. The molecule has 15 heavy (non-hydrogen) atoms. The fourth-order valence-electron chi connectivity index (χ4n) is 1.25. The lowest BCUT2D eigenvalue weighted by Gasteiger charge is -1.89. The number of alkyl halides is 1. The van der Waals surface area contributed by atoms with Gasteiger partial charge in [-0.1, -0.05) is 37.9 Å². The first-order valence-corrected chi connectivity index (χ1v) is 5.96. The van der Waals surface area contributed by atoms with Crippen LogP contribution in [0, 0.1) is 0 Å². The number of hydrogen-bond donors (Lipinski definition) is 1. The third-order valence-corrected chi connectivity index (χ3v) is 2.43. The number of hydrogen-bond acceptors (Lipinski definition) is 0. The van der Waals surface area contributed by atoms with Crippen LogP contribution in [0.4, 0.5) is 0 Å². The highest BCUT2D eigenvalue weighted by molar-refractivity contribution is 6.35. The van der Waals surface area contributed by atoms with Gasteiger partial charge < -0.3 is 4.98 Å². The van der Waals surface area contributed by atoms with Crippen LogP contribution in [0.25, 0.3) is 10.9 Å². The zero-order valence-corrected chi connectivity index (χ0v) is 10.5. The van der Waals surface area contributed by atoms with E-state index in [2.05, 4.69) is 18.8 Å². The van der Waals surface area contributed by atoms with Gasteiger partial charge in [0.1, 0.15) is 0 Å². The van der Waals surface area contributed by atoms with Gasteiger partial charge >= 0.3 is 0 Å². The minimum atomic E-state index is 0.491. The van der Waals surface area contributed by atoms with Crippen LogP contribution in [0.2, 0.25) is 5.02 Å². The standard InChI is InChI=1S/C9H7Cl2N.C3H8/c10-5-6-4-7-8(11)2-1-3-9(7)12-6;1-3-2/h1-4,12H,5H2;3H2,1-2H3. The van der Waals surface area contributed by atoms with Crippen LogP contribution in [0.1, 0.15) is 26.0 Å². The van der Waals surface area contributed by atoms with Crippen molar-refractivity contribution < 1.29 is 0 Å². The number of nitrogens with one attached hydrogen (secondary N) is 1. The van der Waals surface area contributed by atoms with E-state index in [4.69, 9.17) is 23.2 Å². The summed E-state index contributed by atoms with van der Waals surface area (Å²) in [5.41, 5.74) is 2.04. The van der Waals surface area contributed by atoms with Crippen molar-refractivity contribution in [3.8, 4) is 0 Å². The first-order valence-electron chi connectivity index (χ1n) is 5.05. The van der Waals surface area contributed by atoms with Crippen molar-refractivity contribution in [1.29, 1.82) is 0 Å². The predicted molar refractivity (Wildman–Crippen MR) is 68.8 cm³/mol. The average Bonchev–Trinajstić information content (AvgIpc) is 2.63. The third-order valence-electron chi connectivity index (χ3n) is 1.81. The first kappa shape index (κ1) is 12.4. The molecule has 3 heteroatoms. The lowest BCUT2D eigenvalue weighted by atomic mass is 10.2. The fourth-order valence-corrected chi connectivity index (χ4v) is 1.62. The lowest BCUT2D eigenvalue weighted by Crippen LogP contribution is -1.72. The number of fused-ring (bicyclic) bond motifs is 1. The van der Waals surface area contributed by atoms with Crippen LogP contribution in [-0.2, 0) is 5.88 Å². The Bertz CT molecular complexity index is 420. The highest BCUT2D eigenvalue weighted by atomic mass is 35.5. The van der Waals surface area contributed by atoms with Crippen molar-refractivity contribution >= 4 is 34.1 Å². The van der Waals surface area contributed by atoms with Crippen LogP contribution in [0.5, 0.6) is 0 Å². The molecule has 1 aromatic heterocycles. The van der Waals surface area contributed by atoms with Gasteiger partial charge in [0.2, 0.25) is 0 Å². The third kappa shape index (κ3) is 3.15. The second-order valence-corrected chi connectivity index (χ2v) is 4.01. The number of aromatic nitrogens is 1. The summed E-state index contributed by atoms with van der Waals surface area (Å²) >= 11 is 11.6. The summed E-state index contributed by atoms with van der Waals surface area (Å²) in [5, 5.41) is 1.80. The largest absolute Gasteiger partial charge is 0.357 e. The molecule has 0 aliphatic heterocycles. The summed E-state index contributed by atoms with van der Waals surface area (Å²) < 4.78 is 0. The van der Waals surface area contributed by atoms with Crippen LogP contribution in [0.15, 0.2) is 24.3 Å². The van der Waals surface area contributed by atoms with Gasteiger partial charge in [0, 0.05) is 21.6 Å². The second kappa shape index (κ2) is 6.04. The highest BCUT2D eigenvalue weighted by Gasteiger charge is 2.01. The van der Waals surface area contributed by atoms with E-state index in [-0.39, 0.29) is 0 Å². The molecule has 0 radical (unpaired) electrons. The predicted octanol–water partition coefficient (Wildman–Crippen LogP) is 4.98. The molecule has 0 amide bonds. The summed E-state index contributed by atoms with van der Waals surface area (Å²) in [6.07, 6.45) is 1.25. The Kier molecular flexibility index (Phi) is 5.00. The van der Waals surface area contributed by atoms with Crippen molar-refractivity contribution in [3.05, 3.63) is 35.0 Å². The van der Waals surface area contributed by atoms with E-state index in [1.54, 1.807) is 0 Å². The molecule has 2 aromatic rings. The summed E-state index contributed by atoms with van der Waals surface area (Å²) in [5.74, 6) is 0.491. The highest BCUT2D eigenvalue weighted by Crippen LogP contribution is 2.24. The SMILES string of the molecule is CCC.ClCc1cc2c(Cl)cccc2[nH]1. The molecule has 0 spiro atoms. The van der Waals surface area contributed by atoms with Crippen molar-refractivity contribution in [2.24, 2.45) is 0 Å². The number of H-pyrrole nitrogens is 1. The topological polar surface area (TPSA) is 15.8 Å². The Labute approximate surface area is 100 Å². The van der Waals surface area contributed by atoms with Crippen LogP contribution < -0.4 is 0 Å². The van der Waals surface area contributed by atoms with Gasteiger partial charge in [0.15, 0.2) is 0 Å². The summed E-state index contributed by atoms with van der Waals surface area (Å²) in [6.45, 7) is 4.25. The number of aromatic amines is 1. The normalized spacial score (nSPS) is 9.87. The van der Waals surface area contributed by atoms with E-state index < -0.39 is 0 Å². The van der Waals surface area contributed by atoms with E-state index in [0.29, 0.717) is 5.88 Å². The Morgan fingerprint density at radius 3 is 2.47 bits per heavy atom. The molecule has 2 rings (SSSR count). The first-order chi connectivity index (χ1) is 7.22. The molecular weight excluding hydrogens is 229 g/mol. The summed E-state index contributed by atoms with van der Waals surface area (Å²) in [4.78, 5) is 3.17. The monoisotopic (exact) mass is 243 g/mol. The molecule has 1 nitrogen and oxygen atoms in total. The minimum Gasteiger partial charge on any atom is -0.357 e. The Morgan fingerprint density at radius 2 is 1.93 bits per heavy atom. The van der Waals surface area contributed by atoms with Gasteiger partial charge in [-0.05, 0) is 18.2 Å². The molecule has 0 bridgehead atoms. The molecule has 0 aliphatic carbocycles. The van der Waals surface area contributed by atoms with Gasteiger partial charge in [0.25, 0.3) is 0 Å². The van der Waals surface area contributed by atoms with Crippen molar-refractivity contribution in [2.75, 3.05) is 0 Å².